The molecule has 0 bridgehead atoms. The molecule has 0 radical (unpaired) electrons. The lowest BCUT2D eigenvalue weighted by Gasteiger charge is -2.30. The van der Waals surface area contributed by atoms with E-state index in [0.29, 0.717) is 38.5 Å². The van der Waals surface area contributed by atoms with Crippen LogP contribution in [0.15, 0.2) is 121 Å². The van der Waals surface area contributed by atoms with E-state index in [-0.39, 0.29) is 11.9 Å². The number of amides is 2. The summed E-state index contributed by atoms with van der Waals surface area (Å²) < 4.78 is 24.1. The lowest BCUT2D eigenvalue weighted by atomic mass is 10.1. The van der Waals surface area contributed by atoms with Gasteiger partial charge in [0, 0.05) is 57.2 Å². The van der Waals surface area contributed by atoms with Crippen molar-refractivity contribution in [1.82, 2.24) is 14.7 Å². The van der Waals surface area contributed by atoms with Gasteiger partial charge >= 0.3 is 6.09 Å². The first-order chi connectivity index (χ1) is 26.0. The summed E-state index contributed by atoms with van der Waals surface area (Å²) in [7, 11) is 0. The molecular formula is C45H57BrFN3O4. The monoisotopic (exact) mass is 801 g/mol. The number of nitrogens with zero attached hydrogens (tertiary/aromatic N) is 3. The van der Waals surface area contributed by atoms with Gasteiger partial charge in [0.1, 0.15) is 23.8 Å². The van der Waals surface area contributed by atoms with Crippen LogP contribution in [-0.4, -0.2) is 70.9 Å². The van der Waals surface area contributed by atoms with E-state index in [2.05, 4.69) is 75.4 Å². The lowest BCUT2D eigenvalue weighted by molar-refractivity contribution is -0.118. The molecule has 0 N–H and O–H groups in total. The first-order valence-electron chi connectivity index (χ1n) is 18.7. The number of hydrogen-bond acceptors (Lipinski definition) is 5. The molecule has 0 heterocycles. The molecule has 7 nitrogen and oxygen atoms in total. The van der Waals surface area contributed by atoms with E-state index in [4.69, 9.17) is 9.47 Å². The van der Waals surface area contributed by atoms with Gasteiger partial charge in [-0.3, -0.25) is 9.69 Å². The van der Waals surface area contributed by atoms with Gasteiger partial charge in [-0.25, -0.2) is 9.18 Å². The average Bonchev–Trinajstić information content (AvgIpc) is 3.14. The van der Waals surface area contributed by atoms with Crippen molar-refractivity contribution in [1.29, 1.82) is 0 Å². The zero-order chi connectivity index (χ0) is 39.0. The van der Waals surface area contributed by atoms with Crippen molar-refractivity contribution < 1.29 is 23.5 Å². The maximum Gasteiger partial charge on any atom is 0.410 e. The molecule has 0 saturated carbocycles. The van der Waals surface area contributed by atoms with Crippen LogP contribution < -0.4 is 4.74 Å². The number of hydrogen-bond donors (Lipinski definition) is 0. The SMILES string of the molecule is CC(C)(C)OC(=O)N(CCCN(Cc1ccccc1)Cc1ccccc1)CCN(C=O)Cc1ccccc1.Cc1cc(F)cc(OC/C=C/CCCBr)c1. The van der Waals surface area contributed by atoms with Gasteiger partial charge in [-0.15, -0.1) is 0 Å². The fourth-order valence-electron chi connectivity index (χ4n) is 5.55. The maximum atomic E-state index is 13.1. The highest BCUT2D eigenvalue weighted by Crippen LogP contribution is 2.16. The van der Waals surface area contributed by atoms with E-state index in [9.17, 15) is 14.0 Å². The number of alkyl halides is 1. The van der Waals surface area contributed by atoms with Crippen LogP contribution in [0.2, 0.25) is 0 Å². The van der Waals surface area contributed by atoms with Crippen LogP contribution in [0.1, 0.15) is 62.3 Å². The second kappa shape index (κ2) is 24.8. The third-order valence-electron chi connectivity index (χ3n) is 8.12. The Morgan fingerprint density at radius 1 is 0.741 bits per heavy atom. The summed E-state index contributed by atoms with van der Waals surface area (Å²) in [6.45, 7) is 12.4. The van der Waals surface area contributed by atoms with Crippen molar-refractivity contribution in [2.75, 3.05) is 38.1 Å². The fraction of sp³-hybridized carbons (Fsp3) is 0.378. The average molecular weight is 803 g/mol. The Hall–Kier alpha value is -4.47. The van der Waals surface area contributed by atoms with Crippen LogP contribution in [0.5, 0.6) is 5.75 Å². The highest BCUT2D eigenvalue weighted by atomic mass is 79.9. The summed E-state index contributed by atoms with van der Waals surface area (Å²) in [6.07, 6.45) is 7.49. The van der Waals surface area contributed by atoms with Crippen LogP contribution in [0.3, 0.4) is 0 Å². The normalized spacial score (nSPS) is 11.2. The number of carbonyl (C=O) groups excluding carboxylic acids is 2. The van der Waals surface area contributed by atoms with Gasteiger partial charge in [-0.05, 0) is 81.3 Å². The minimum Gasteiger partial charge on any atom is -0.489 e. The molecule has 0 atom stereocenters. The van der Waals surface area contributed by atoms with Gasteiger partial charge in [0.25, 0.3) is 0 Å². The summed E-state index contributed by atoms with van der Waals surface area (Å²) in [5.41, 5.74) is 3.86. The van der Waals surface area contributed by atoms with E-state index in [0.717, 1.165) is 61.8 Å². The van der Waals surface area contributed by atoms with Gasteiger partial charge in [0.15, 0.2) is 0 Å². The Labute approximate surface area is 330 Å². The lowest BCUT2D eigenvalue weighted by Crippen LogP contribution is -2.42. The molecular weight excluding hydrogens is 745 g/mol. The van der Waals surface area contributed by atoms with E-state index in [1.54, 1.807) is 9.80 Å². The van der Waals surface area contributed by atoms with Crippen molar-refractivity contribution in [3.8, 4) is 5.75 Å². The van der Waals surface area contributed by atoms with E-state index >= 15 is 0 Å². The molecule has 9 heteroatoms. The zero-order valence-corrected chi connectivity index (χ0v) is 33.9. The molecule has 290 valence electrons. The Balaban J connectivity index is 0.000000409. The number of ether oxygens (including phenoxy) is 2. The zero-order valence-electron chi connectivity index (χ0n) is 32.3. The van der Waals surface area contributed by atoms with Crippen LogP contribution in [0.4, 0.5) is 9.18 Å². The van der Waals surface area contributed by atoms with Crippen molar-refractivity contribution in [2.24, 2.45) is 0 Å². The standard InChI is InChI=1S/C32H41N3O3.C13H16BrFO/c1-32(2,3)38-31(37)35(23-22-34(27-36)26-30-18-11-6-12-19-30)21-13-20-33(24-28-14-7-4-8-15-28)25-29-16-9-5-10-17-29;1-11-8-12(15)10-13(9-11)16-7-5-3-2-4-6-14/h4-12,14-19,27H,13,20-26H2,1-3H3;3,5,8-10H,2,4,6-7H2,1H3/b;5-3+. The van der Waals surface area contributed by atoms with Crippen molar-refractivity contribution in [2.45, 2.75) is 72.2 Å². The quantitative estimate of drug-likeness (QED) is 0.0386. The summed E-state index contributed by atoms with van der Waals surface area (Å²) in [5, 5.41) is 1.02. The molecule has 0 aliphatic heterocycles. The molecule has 0 aromatic heterocycles. The summed E-state index contributed by atoms with van der Waals surface area (Å²) in [5.74, 6) is 0.334. The van der Waals surface area contributed by atoms with E-state index < -0.39 is 5.60 Å². The number of allylic oxidation sites excluding steroid dienone is 1. The third kappa shape index (κ3) is 19.0. The minimum absolute atomic E-state index is 0.252. The summed E-state index contributed by atoms with van der Waals surface area (Å²) in [4.78, 5) is 30.7. The van der Waals surface area contributed by atoms with Crippen LogP contribution in [0, 0.1) is 12.7 Å². The number of aryl methyl sites for hydroxylation is 1. The second-order valence-corrected chi connectivity index (χ2v) is 14.9. The number of halogens is 2. The molecule has 0 spiro atoms. The highest BCUT2D eigenvalue weighted by Gasteiger charge is 2.23. The van der Waals surface area contributed by atoms with Crippen molar-refractivity contribution >= 4 is 28.4 Å². The topological polar surface area (TPSA) is 62.3 Å². The second-order valence-electron chi connectivity index (χ2n) is 14.1. The fourth-order valence-corrected chi connectivity index (χ4v) is 5.87. The number of carbonyl (C=O) groups is 2. The Morgan fingerprint density at radius 2 is 1.31 bits per heavy atom. The Kier molecular flexibility index (Phi) is 20.2. The van der Waals surface area contributed by atoms with Gasteiger partial charge in [-0.1, -0.05) is 119 Å². The van der Waals surface area contributed by atoms with Gasteiger partial charge in [-0.2, -0.15) is 0 Å². The Morgan fingerprint density at radius 3 is 1.83 bits per heavy atom. The minimum atomic E-state index is -0.587. The molecule has 4 aromatic carbocycles. The van der Waals surface area contributed by atoms with Crippen LogP contribution in [-0.2, 0) is 29.2 Å². The first-order valence-corrected chi connectivity index (χ1v) is 19.8. The van der Waals surface area contributed by atoms with Gasteiger partial charge in [0.2, 0.25) is 6.41 Å². The van der Waals surface area contributed by atoms with Crippen molar-refractivity contribution in [3.05, 3.63) is 149 Å². The van der Waals surface area contributed by atoms with Crippen LogP contribution >= 0.6 is 15.9 Å². The molecule has 0 unspecified atom stereocenters. The number of benzene rings is 4. The molecule has 0 aliphatic carbocycles. The van der Waals surface area contributed by atoms with E-state index in [1.807, 2.05) is 82.3 Å². The van der Waals surface area contributed by atoms with Gasteiger partial charge < -0.3 is 19.3 Å². The highest BCUT2D eigenvalue weighted by molar-refractivity contribution is 9.09. The first kappa shape index (κ1) is 43.9. The number of unbranched alkanes of at least 4 members (excludes halogenated alkanes) is 1. The molecule has 0 aliphatic rings. The maximum absolute atomic E-state index is 13.1. The third-order valence-corrected chi connectivity index (χ3v) is 8.68. The predicted molar refractivity (Wildman–Crippen MR) is 221 cm³/mol. The predicted octanol–water partition coefficient (Wildman–Crippen LogP) is 10.2. The van der Waals surface area contributed by atoms with Gasteiger partial charge in [0.05, 0.1) is 0 Å². The summed E-state index contributed by atoms with van der Waals surface area (Å²) in [6, 6.07) is 35.5. The van der Waals surface area contributed by atoms with Crippen LogP contribution in [0.25, 0.3) is 0 Å². The molecule has 0 saturated heterocycles. The molecule has 0 fully saturated rings. The van der Waals surface area contributed by atoms with Crippen molar-refractivity contribution in [3.63, 3.8) is 0 Å². The Bertz CT molecular complexity index is 1590. The summed E-state index contributed by atoms with van der Waals surface area (Å²) >= 11 is 3.36. The molecule has 54 heavy (non-hydrogen) atoms. The largest absolute Gasteiger partial charge is 0.489 e. The molecule has 4 rings (SSSR count). The molecule has 4 aromatic rings. The smallest absolute Gasteiger partial charge is 0.410 e. The molecule has 2 amide bonds. The van der Waals surface area contributed by atoms with E-state index in [1.165, 1.54) is 23.3 Å². The number of rotatable bonds is 20.